The van der Waals surface area contributed by atoms with Crippen LogP contribution in [0.4, 0.5) is 0 Å². The maximum atomic E-state index is 9.37. The van der Waals surface area contributed by atoms with Crippen molar-refractivity contribution in [2.24, 2.45) is 0 Å². The highest BCUT2D eigenvalue weighted by Crippen LogP contribution is 2.58. The maximum Gasteiger partial charge on any atom is 0.160 e. The number of hydrogen-bond donors (Lipinski definition) is 0. The number of hydrogen-bond acceptors (Lipinski definition) is 3. The normalized spacial score (nSPS) is 14.3. The summed E-state index contributed by atoms with van der Waals surface area (Å²) in [6.45, 7) is 4.35. The van der Waals surface area contributed by atoms with Gasteiger partial charge in [0, 0.05) is 16.5 Å². The lowest BCUT2D eigenvalue weighted by molar-refractivity contribution is 0.759. The van der Waals surface area contributed by atoms with E-state index in [0.29, 0.717) is 11.4 Å². The molecular weight excluding hydrogens is 546 g/mol. The van der Waals surface area contributed by atoms with E-state index in [1.807, 2.05) is 42.5 Å². The molecule has 1 heterocycles. The number of fused-ring (bicyclic) bond motifs is 7. The minimum atomic E-state index is -0.509. The van der Waals surface area contributed by atoms with E-state index in [2.05, 4.69) is 117 Å². The van der Waals surface area contributed by atoms with Crippen LogP contribution in [-0.2, 0) is 5.41 Å². The van der Waals surface area contributed by atoms with Crippen LogP contribution in [0.3, 0.4) is 0 Å². The first-order valence-electron chi connectivity index (χ1n) is 15.3. The van der Waals surface area contributed by atoms with Gasteiger partial charge in [-0.3, -0.25) is 0 Å². The molecule has 0 saturated carbocycles. The summed E-state index contributed by atoms with van der Waals surface area (Å²) < 4.78 is 0. The number of nitrogens with zero attached hydrogens (tertiary/aromatic N) is 3. The second kappa shape index (κ2) is 10.4. The summed E-state index contributed by atoms with van der Waals surface area (Å²) in [4.78, 5) is 10.3. The summed E-state index contributed by atoms with van der Waals surface area (Å²) in [5, 5.41) is 10.4. The van der Waals surface area contributed by atoms with Crippen molar-refractivity contribution in [3.05, 3.63) is 172 Å². The van der Waals surface area contributed by atoms with E-state index in [-0.39, 0.29) is 0 Å². The van der Waals surface area contributed by atoms with Crippen LogP contribution < -0.4 is 0 Å². The van der Waals surface area contributed by atoms with Gasteiger partial charge in [-0.05, 0) is 82.6 Å². The summed E-state index contributed by atoms with van der Waals surface area (Å²) in [6.07, 6.45) is 8.96. The molecule has 0 saturated heterocycles. The van der Waals surface area contributed by atoms with Gasteiger partial charge in [0.25, 0.3) is 0 Å². The molecule has 1 aromatic heterocycles. The van der Waals surface area contributed by atoms with Gasteiger partial charge in [-0.15, -0.1) is 0 Å². The fourth-order valence-corrected chi connectivity index (χ4v) is 7.31. The lowest BCUT2D eigenvalue weighted by Crippen LogP contribution is -2.30. The van der Waals surface area contributed by atoms with Crippen LogP contribution in [0, 0.1) is 11.3 Å². The maximum absolute atomic E-state index is 9.37. The highest BCUT2D eigenvalue weighted by atomic mass is 14.9. The van der Waals surface area contributed by atoms with Crippen molar-refractivity contribution in [1.29, 1.82) is 5.26 Å². The van der Waals surface area contributed by atoms with Crippen molar-refractivity contribution in [1.82, 2.24) is 9.97 Å². The van der Waals surface area contributed by atoms with E-state index >= 15 is 0 Å². The second-order valence-corrected chi connectivity index (χ2v) is 11.7. The zero-order chi connectivity index (χ0) is 30.5. The number of para-hydroxylation sites is 1. The summed E-state index contributed by atoms with van der Waals surface area (Å²) in [5.41, 5.74) is 13.8. The van der Waals surface area contributed by atoms with E-state index < -0.39 is 5.41 Å². The van der Waals surface area contributed by atoms with Crippen molar-refractivity contribution in [2.75, 3.05) is 0 Å². The van der Waals surface area contributed by atoms with Crippen LogP contribution in [0.25, 0.3) is 51.3 Å². The van der Waals surface area contributed by atoms with E-state index in [1.54, 1.807) is 0 Å². The Bertz CT molecular complexity index is 2250. The largest absolute Gasteiger partial charge is 0.228 e. The van der Waals surface area contributed by atoms with Crippen molar-refractivity contribution >= 4 is 28.6 Å². The Hall–Kier alpha value is -5.85. The number of benzene rings is 5. The SMILES string of the molecule is C/C=C\C1=C(C)c2ccc(-c3nc(-c4ccc(C#N)cc4)c4ccccc4n3)cc2C12c1ccccc1C=Cc1ccccc12. The topological polar surface area (TPSA) is 49.6 Å². The predicted octanol–water partition coefficient (Wildman–Crippen LogP) is 10.0. The highest BCUT2D eigenvalue weighted by Gasteiger charge is 2.48. The fraction of sp³-hybridized carbons (Fsp3) is 0.0714. The Morgan fingerprint density at radius 3 is 2.02 bits per heavy atom. The van der Waals surface area contributed by atoms with Crippen molar-refractivity contribution < 1.29 is 0 Å². The van der Waals surface area contributed by atoms with Gasteiger partial charge in [-0.25, -0.2) is 9.97 Å². The molecule has 2 aliphatic rings. The van der Waals surface area contributed by atoms with Crippen LogP contribution in [0.15, 0.2) is 133 Å². The molecule has 3 nitrogen and oxygen atoms in total. The first kappa shape index (κ1) is 26.8. The first-order valence-corrected chi connectivity index (χ1v) is 15.3. The molecule has 8 rings (SSSR count). The lowest BCUT2D eigenvalue weighted by Gasteiger charge is -2.36. The van der Waals surface area contributed by atoms with Crippen LogP contribution >= 0.6 is 0 Å². The predicted molar refractivity (Wildman–Crippen MR) is 184 cm³/mol. The van der Waals surface area contributed by atoms with Crippen molar-refractivity contribution in [3.8, 4) is 28.7 Å². The van der Waals surface area contributed by atoms with Gasteiger partial charge in [-0.1, -0.05) is 115 Å². The summed E-state index contributed by atoms with van der Waals surface area (Å²) in [5.74, 6) is 0.677. The highest BCUT2D eigenvalue weighted by molar-refractivity contribution is 5.95. The average molecular weight is 576 g/mol. The van der Waals surface area contributed by atoms with Gasteiger partial charge in [0.05, 0.1) is 28.3 Å². The molecule has 0 radical (unpaired) electrons. The molecule has 0 amide bonds. The molecule has 45 heavy (non-hydrogen) atoms. The Balaban J connectivity index is 1.42. The van der Waals surface area contributed by atoms with Gasteiger partial charge in [-0.2, -0.15) is 5.26 Å². The molecule has 0 N–H and O–H groups in total. The molecular formula is C42H29N3. The number of nitriles is 1. The number of rotatable bonds is 3. The van der Waals surface area contributed by atoms with Crippen molar-refractivity contribution in [3.63, 3.8) is 0 Å². The standard InChI is InChI=1S/C42H29N3/c1-3-10-35-27(2)33-24-23-32(41-44-39-16-9-6-13-34(39)40(45-41)31-19-17-28(26-43)18-20-31)25-38(33)42(35)36-14-7-4-11-29(36)21-22-30-12-5-8-15-37(30)42/h3-25H,1-2H3/b10-3-. The third-order valence-corrected chi connectivity index (χ3v) is 9.29. The average Bonchev–Trinajstić information content (AvgIpc) is 3.24. The molecule has 2 aliphatic carbocycles. The van der Waals surface area contributed by atoms with E-state index in [4.69, 9.17) is 9.97 Å². The van der Waals surface area contributed by atoms with Crippen LogP contribution in [0.2, 0.25) is 0 Å². The van der Waals surface area contributed by atoms with Gasteiger partial charge < -0.3 is 0 Å². The molecule has 0 atom stereocenters. The molecule has 1 spiro atoms. The summed E-state index contributed by atoms with van der Waals surface area (Å²) >= 11 is 0. The zero-order valence-electron chi connectivity index (χ0n) is 25.1. The van der Waals surface area contributed by atoms with E-state index in [0.717, 1.165) is 27.7 Å². The summed E-state index contributed by atoms with van der Waals surface area (Å²) in [6, 6.07) is 42.3. The Morgan fingerprint density at radius 2 is 1.33 bits per heavy atom. The molecule has 0 fully saturated rings. The van der Waals surface area contributed by atoms with Crippen LogP contribution in [0.5, 0.6) is 0 Å². The Labute approximate surface area is 263 Å². The minimum Gasteiger partial charge on any atom is -0.228 e. The Morgan fingerprint density at radius 1 is 0.689 bits per heavy atom. The first-order chi connectivity index (χ1) is 22.1. The van der Waals surface area contributed by atoms with E-state index in [9.17, 15) is 5.26 Å². The molecule has 6 aromatic rings. The number of allylic oxidation sites excluding steroid dienone is 4. The molecule has 5 aromatic carbocycles. The molecule has 0 bridgehead atoms. The van der Waals surface area contributed by atoms with Crippen LogP contribution in [0.1, 0.15) is 52.8 Å². The summed E-state index contributed by atoms with van der Waals surface area (Å²) in [7, 11) is 0. The van der Waals surface area contributed by atoms with Gasteiger partial charge in [0.2, 0.25) is 0 Å². The molecule has 0 unspecified atom stereocenters. The van der Waals surface area contributed by atoms with Gasteiger partial charge in [0.15, 0.2) is 5.82 Å². The van der Waals surface area contributed by atoms with Crippen LogP contribution in [-0.4, -0.2) is 9.97 Å². The third-order valence-electron chi connectivity index (χ3n) is 9.29. The molecule has 3 heteroatoms. The van der Waals surface area contributed by atoms with Gasteiger partial charge >= 0.3 is 0 Å². The second-order valence-electron chi connectivity index (χ2n) is 11.7. The minimum absolute atomic E-state index is 0.509. The van der Waals surface area contributed by atoms with E-state index in [1.165, 1.54) is 44.5 Å². The fourth-order valence-electron chi connectivity index (χ4n) is 7.31. The number of aromatic nitrogens is 2. The molecule has 212 valence electrons. The zero-order valence-corrected chi connectivity index (χ0v) is 25.1. The van der Waals surface area contributed by atoms with Crippen molar-refractivity contribution in [2.45, 2.75) is 19.3 Å². The monoisotopic (exact) mass is 575 g/mol. The molecule has 0 aliphatic heterocycles. The third kappa shape index (κ3) is 3.96. The lowest BCUT2D eigenvalue weighted by atomic mass is 9.65. The quantitative estimate of drug-likeness (QED) is 0.211. The smallest absolute Gasteiger partial charge is 0.160 e. The van der Waals surface area contributed by atoms with Gasteiger partial charge in [0.1, 0.15) is 0 Å². The Kier molecular flexibility index (Phi) is 6.18.